The fourth-order valence-corrected chi connectivity index (χ4v) is 0. The summed E-state index contributed by atoms with van der Waals surface area (Å²) in [6.07, 6.45) is 0. The average Bonchev–Trinajstić information content (AvgIpc) is 0. The van der Waals surface area contributed by atoms with E-state index < -0.39 is 0 Å². The first-order valence-corrected chi connectivity index (χ1v) is 0. The zero-order chi connectivity index (χ0) is 0. The molecule has 4 heavy (non-hydrogen) atoms. The van der Waals surface area contributed by atoms with Crippen LogP contribution in [0.5, 0.6) is 0 Å². The van der Waals surface area contributed by atoms with E-state index in [0.717, 1.165) is 0 Å². The van der Waals surface area contributed by atoms with Crippen LogP contribution >= 0.6 is 0 Å². The quantitative estimate of drug-likeness (QED) is 0.466. The van der Waals surface area contributed by atoms with Crippen LogP contribution in [0.3, 0.4) is 0 Å². The summed E-state index contributed by atoms with van der Waals surface area (Å²) in [4.78, 5) is 0. The third-order valence-electron chi connectivity index (χ3n) is 0. The van der Waals surface area contributed by atoms with E-state index in [9.17, 15) is 0 Å². The van der Waals surface area contributed by atoms with Crippen LogP contribution in [0, 0.1) is 0 Å². The van der Waals surface area contributed by atoms with Gasteiger partial charge in [-0.2, -0.15) is 0 Å². The molecule has 0 aliphatic rings. The molecule has 0 spiro atoms. The monoisotopic (exact) mass is 200 g/mol. The Labute approximate surface area is 56.4 Å². The van der Waals surface area contributed by atoms with Crippen LogP contribution in [0.1, 0.15) is 0 Å². The molecule has 0 aliphatic carbocycles. The van der Waals surface area contributed by atoms with Crippen LogP contribution in [-0.2, 0) is 32.7 Å². The molecule has 0 bridgehead atoms. The summed E-state index contributed by atoms with van der Waals surface area (Å²) in [7, 11) is 0. The van der Waals surface area contributed by atoms with Gasteiger partial charge in [-0.1, -0.05) is 0 Å². The molecule has 0 radical (unpaired) electrons. The summed E-state index contributed by atoms with van der Waals surface area (Å²) >= 11 is 0. The zero-order valence-corrected chi connectivity index (χ0v) is 6.23. The van der Waals surface area contributed by atoms with Crippen molar-refractivity contribution in [2.75, 3.05) is 0 Å². The molecule has 0 unspecified atom stereocenters. The van der Waals surface area contributed by atoms with Gasteiger partial charge in [0.2, 0.25) is 0 Å². The topological polar surface area (TPSA) is 57.0 Å². The van der Waals surface area contributed by atoms with Crippen LogP contribution in [0.2, 0.25) is 0 Å². The molecule has 0 aromatic heterocycles. The van der Waals surface area contributed by atoms with Gasteiger partial charge in [-0.05, 0) is 0 Å². The van der Waals surface area contributed by atoms with Crippen LogP contribution in [-0.4, -0.2) is 23.9 Å². The van der Waals surface area contributed by atoms with Gasteiger partial charge in [0.25, 0.3) is 0 Å². The minimum absolute atomic E-state index is 0. The van der Waals surface area contributed by atoms with E-state index in [1.807, 2.05) is 0 Å². The molecule has 0 amide bonds. The maximum atomic E-state index is 0. The first-order chi connectivity index (χ1) is 0. The van der Waals surface area contributed by atoms with E-state index in [4.69, 9.17) is 0 Å². The Balaban J connectivity index is 0. The summed E-state index contributed by atoms with van der Waals surface area (Å²) in [6, 6.07) is 0. The molecule has 0 aromatic carbocycles. The van der Waals surface area contributed by atoms with Crippen molar-refractivity contribution in [3.63, 3.8) is 0 Å². The van der Waals surface area contributed by atoms with E-state index in [1.54, 1.807) is 0 Å². The van der Waals surface area contributed by atoms with E-state index in [1.165, 1.54) is 0 Å². The molecule has 16 valence electrons. The Morgan fingerprint density at radius 2 is 0.750 bits per heavy atom. The fraction of sp³-hybridized carbons (Fsp3) is 0. The smallest absolute Gasteiger partial charge is 2.00 e. The van der Waals surface area contributed by atoms with Crippen molar-refractivity contribution in [1.29, 1.82) is 0 Å². The van der Waals surface area contributed by atoms with Gasteiger partial charge in [0.1, 0.15) is 0 Å². The van der Waals surface area contributed by atoms with Gasteiger partial charge in [0, 0.05) is 0 Å². The molecule has 0 atom stereocenters. The molecule has 0 fully saturated rings. The van der Waals surface area contributed by atoms with Crippen molar-refractivity contribution < 1.29 is 32.7 Å². The van der Waals surface area contributed by atoms with E-state index >= 15 is 0 Å². The third-order valence-corrected chi connectivity index (χ3v) is 0. The molecule has 0 rings (SSSR count). The second-order valence-corrected chi connectivity index (χ2v) is 0. The average molecular weight is 199 g/mol. The third kappa shape index (κ3) is 9.90. The largest absolute Gasteiger partial charge is 4.00 e. The maximum absolute atomic E-state index is 0. The number of rotatable bonds is 0. The summed E-state index contributed by atoms with van der Waals surface area (Å²) in [5, 5.41) is 0. The Morgan fingerprint density at radius 1 is 0.750 bits per heavy atom. The second-order valence-electron chi connectivity index (χ2n) is 0. The van der Waals surface area contributed by atoms with E-state index in [0.29, 0.717) is 0 Å². The molecule has 4 heteroatoms. The zero-order valence-electron chi connectivity index (χ0n) is 1.82. The molecule has 0 N–H and O–H groups in total. The number of hydrogen-bond donors (Lipinski definition) is 0. The maximum Gasteiger partial charge on any atom is 4.00 e. The summed E-state index contributed by atoms with van der Waals surface area (Å²) in [5.74, 6) is 0. The van der Waals surface area contributed by atoms with Gasteiger partial charge < -0.3 is 11.0 Å². The van der Waals surface area contributed by atoms with Gasteiger partial charge in [-0.15, -0.1) is 0 Å². The summed E-state index contributed by atoms with van der Waals surface area (Å²) in [6.45, 7) is 0. The van der Waals surface area contributed by atoms with Crippen LogP contribution in [0.25, 0.3) is 0 Å². The molecule has 0 aromatic rings. The summed E-state index contributed by atoms with van der Waals surface area (Å²) in [5.41, 5.74) is 0. The molecule has 0 aliphatic heterocycles. The van der Waals surface area contributed by atoms with Crippen molar-refractivity contribution in [2.45, 2.75) is 0 Å². The molecular formula is O2SnTi+4. The van der Waals surface area contributed by atoms with E-state index in [-0.39, 0.29) is 56.6 Å². The minimum Gasteiger partial charge on any atom is -2.00 e. The Hall–Kier alpha value is 1.43. The van der Waals surface area contributed by atoms with Gasteiger partial charge in [-0.3, -0.25) is 0 Å². The second kappa shape index (κ2) is 25.4. The molecule has 0 heterocycles. The fourth-order valence-electron chi connectivity index (χ4n) is 0. The van der Waals surface area contributed by atoms with Crippen LogP contribution < -0.4 is 0 Å². The minimum atomic E-state index is 0. The van der Waals surface area contributed by atoms with Crippen molar-refractivity contribution >= 4 is 23.9 Å². The normalized spacial score (nSPS) is 0. The van der Waals surface area contributed by atoms with Crippen molar-refractivity contribution in [1.82, 2.24) is 0 Å². The first-order valence-electron chi connectivity index (χ1n) is 0. The first kappa shape index (κ1) is 52.0. The Bertz CT molecular complexity index is 6.00. The van der Waals surface area contributed by atoms with Crippen molar-refractivity contribution in [3.05, 3.63) is 0 Å². The Kier molecular flexibility index (Phi) is 331. The van der Waals surface area contributed by atoms with E-state index in [2.05, 4.69) is 0 Å². The van der Waals surface area contributed by atoms with Crippen molar-refractivity contribution in [3.8, 4) is 0 Å². The predicted octanol–water partition coefficient (Wildman–Crippen LogP) is -0.621. The SMILES string of the molecule is [O-2].[O-2].[Sn+4].[Ti+4]. The Morgan fingerprint density at radius 3 is 0.750 bits per heavy atom. The van der Waals surface area contributed by atoms with Crippen LogP contribution in [0.15, 0.2) is 0 Å². The predicted molar refractivity (Wildman–Crippen MR) is 7.13 cm³/mol. The van der Waals surface area contributed by atoms with Crippen LogP contribution in [0.4, 0.5) is 0 Å². The molecule has 2 nitrogen and oxygen atoms in total. The van der Waals surface area contributed by atoms with Gasteiger partial charge in [-0.25, -0.2) is 0 Å². The standard InChI is InChI=1S/2O.Sn.Ti/q2*-2;2*+4. The van der Waals surface area contributed by atoms with Gasteiger partial charge in [0.15, 0.2) is 0 Å². The summed E-state index contributed by atoms with van der Waals surface area (Å²) < 4.78 is 0. The number of hydrogen-bond acceptors (Lipinski definition) is 0. The van der Waals surface area contributed by atoms with Crippen molar-refractivity contribution in [2.24, 2.45) is 0 Å². The van der Waals surface area contributed by atoms with Gasteiger partial charge >= 0.3 is 45.6 Å². The molecule has 0 saturated heterocycles. The van der Waals surface area contributed by atoms with Gasteiger partial charge in [0.05, 0.1) is 0 Å². The molecule has 0 saturated carbocycles. The molecular weight excluding hydrogens is 199 g/mol.